The Morgan fingerprint density at radius 1 is 1.39 bits per heavy atom. The molecule has 2 fully saturated rings. The van der Waals surface area contributed by atoms with Crippen LogP contribution >= 0.6 is 0 Å². The quantitative estimate of drug-likeness (QED) is 0.751. The topological polar surface area (TPSA) is 49.9 Å². The van der Waals surface area contributed by atoms with Crippen LogP contribution in [0.5, 0.6) is 0 Å². The molecule has 0 spiro atoms. The van der Waals surface area contributed by atoms with Crippen LogP contribution in [0.1, 0.15) is 46.5 Å². The van der Waals surface area contributed by atoms with Gasteiger partial charge >= 0.3 is 6.09 Å². The molecule has 5 heteroatoms. The van der Waals surface area contributed by atoms with E-state index in [0.29, 0.717) is 18.9 Å². The van der Waals surface area contributed by atoms with Gasteiger partial charge in [0.1, 0.15) is 5.60 Å². The predicted octanol–water partition coefficient (Wildman–Crippen LogP) is 2.51. The molecular weight excluding hydrogens is 292 g/mol. The van der Waals surface area contributed by atoms with Crippen LogP contribution in [0.15, 0.2) is 0 Å². The summed E-state index contributed by atoms with van der Waals surface area (Å²) in [5, 5.41) is 0. The van der Waals surface area contributed by atoms with Crippen LogP contribution in [-0.4, -0.2) is 53.6 Å². The minimum absolute atomic E-state index is 0.0621. The maximum Gasteiger partial charge on any atom is 0.410 e. The molecule has 2 atom stereocenters. The summed E-state index contributed by atoms with van der Waals surface area (Å²) in [5.74, 6) is 3.32. The number of hydrogen-bond acceptors (Lipinski definition) is 3. The van der Waals surface area contributed by atoms with Crippen LogP contribution < -0.4 is 0 Å². The van der Waals surface area contributed by atoms with E-state index < -0.39 is 5.60 Å². The van der Waals surface area contributed by atoms with E-state index in [1.807, 2.05) is 25.7 Å². The molecule has 2 aliphatic rings. The number of carbonyl (C=O) groups is 2. The van der Waals surface area contributed by atoms with E-state index in [1.165, 1.54) is 0 Å². The Labute approximate surface area is 139 Å². The molecule has 0 bridgehead atoms. The van der Waals surface area contributed by atoms with Gasteiger partial charge in [-0.2, -0.15) is 0 Å². The molecule has 0 aromatic carbocycles. The van der Waals surface area contributed by atoms with Crippen molar-refractivity contribution in [2.24, 2.45) is 11.8 Å². The van der Waals surface area contributed by atoms with Crippen LogP contribution in [-0.2, 0) is 9.53 Å². The first kappa shape index (κ1) is 17.7. The van der Waals surface area contributed by atoms with Crippen molar-refractivity contribution in [3.63, 3.8) is 0 Å². The molecule has 2 amide bonds. The highest BCUT2D eigenvalue weighted by Gasteiger charge is 2.31. The molecule has 2 unspecified atom stereocenters. The van der Waals surface area contributed by atoms with E-state index in [1.54, 1.807) is 4.90 Å². The number of nitrogens with zero attached hydrogens (tertiary/aromatic N) is 2. The van der Waals surface area contributed by atoms with Gasteiger partial charge in [0, 0.05) is 38.5 Å². The average Bonchev–Trinajstić information content (AvgIpc) is 2.84. The van der Waals surface area contributed by atoms with Crippen LogP contribution in [0.4, 0.5) is 4.79 Å². The zero-order valence-electron chi connectivity index (χ0n) is 14.5. The molecule has 0 N–H and O–H groups in total. The summed E-state index contributed by atoms with van der Waals surface area (Å²) in [5.41, 5.74) is -0.462. The second-order valence-corrected chi connectivity index (χ2v) is 7.63. The zero-order chi connectivity index (χ0) is 17.0. The van der Waals surface area contributed by atoms with Gasteiger partial charge in [0.15, 0.2) is 0 Å². The first-order chi connectivity index (χ1) is 10.8. The van der Waals surface area contributed by atoms with Gasteiger partial charge in [-0.05, 0) is 46.0 Å². The Bertz CT molecular complexity index is 489. The van der Waals surface area contributed by atoms with Crippen molar-refractivity contribution in [2.45, 2.75) is 52.1 Å². The standard InChI is InChI=1S/C18H28N2O3/c1-5-14-11-16(21)19(12-14)10-8-15-7-6-9-20(13-15)17(22)23-18(2,3)4/h1,14-15H,6-13H2,2-4H3. The Balaban J connectivity index is 1.79. The number of amides is 2. The summed E-state index contributed by atoms with van der Waals surface area (Å²) >= 11 is 0. The third kappa shape index (κ3) is 5.16. The zero-order valence-corrected chi connectivity index (χ0v) is 14.5. The molecule has 2 saturated heterocycles. The normalized spacial score (nSPS) is 25.4. The van der Waals surface area contributed by atoms with Gasteiger partial charge in [0.25, 0.3) is 0 Å². The number of likely N-dealkylation sites (tertiary alicyclic amines) is 2. The molecule has 128 valence electrons. The number of ether oxygens (including phenoxy) is 1. The monoisotopic (exact) mass is 320 g/mol. The smallest absolute Gasteiger partial charge is 0.410 e. The largest absolute Gasteiger partial charge is 0.444 e. The van der Waals surface area contributed by atoms with Gasteiger partial charge < -0.3 is 14.5 Å². The van der Waals surface area contributed by atoms with E-state index in [9.17, 15) is 9.59 Å². The molecule has 0 saturated carbocycles. The lowest BCUT2D eigenvalue weighted by atomic mass is 9.95. The summed E-state index contributed by atoms with van der Waals surface area (Å²) < 4.78 is 5.45. The van der Waals surface area contributed by atoms with Gasteiger partial charge in [0.05, 0.1) is 0 Å². The Morgan fingerprint density at radius 3 is 2.74 bits per heavy atom. The second kappa shape index (κ2) is 7.25. The molecule has 0 aliphatic carbocycles. The lowest BCUT2D eigenvalue weighted by molar-refractivity contribution is -0.127. The van der Waals surface area contributed by atoms with Crippen molar-refractivity contribution >= 4 is 12.0 Å². The highest BCUT2D eigenvalue weighted by atomic mass is 16.6. The highest BCUT2D eigenvalue weighted by Crippen LogP contribution is 2.24. The van der Waals surface area contributed by atoms with Gasteiger partial charge in [-0.1, -0.05) is 0 Å². The molecule has 2 aliphatic heterocycles. The Kier molecular flexibility index (Phi) is 5.56. The van der Waals surface area contributed by atoms with Crippen LogP contribution in [0.2, 0.25) is 0 Å². The average molecular weight is 320 g/mol. The van der Waals surface area contributed by atoms with Crippen LogP contribution in [0, 0.1) is 24.2 Å². The first-order valence-electron chi connectivity index (χ1n) is 8.50. The lowest BCUT2D eigenvalue weighted by Crippen LogP contribution is -2.43. The minimum atomic E-state index is -0.462. The van der Waals surface area contributed by atoms with E-state index in [2.05, 4.69) is 5.92 Å². The Morgan fingerprint density at radius 2 is 2.13 bits per heavy atom. The fourth-order valence-corrected chi connectivity index (χ4v) is 3.23. The maximum atomic E-state index is 12.2. The summed E-state index contributed by atoms with van der Waals surface area (Å²) in [6.07, 6.45) is 8.67. The van der Waals surface area contributed by atoms with E-state index in [0.717, 1.165) is 38.9 Å². The molecule has 2 rings (SSSR count). The summed E-state index contributed by atoms with van der Waals surface area (Å²) in [7, 11) is 0. The van der Waals surface area contributed by atoms with Crippen molar-refractivity contribution in [1.29, 1.82) is 0 Å². The maximum absolute atomic E-state index is 12.2. The Hall–Kier alpha value is -1.70. The molecule has 0 aromatic rings. The van der Waals surface area contributed by atoms with Crippen LogP contribution in [0.25, 0.3) is 0 Å². The predicted molar refractivity (Wildman–Crippen MR) is 88.7 cm³/mol. The number of rotatable bonds is 3. The van der Waals surface area contributed by atoms with Crippen molar-refractivity contribution in [3.8, 4) is 12.3 Å². The van der Waals surface area contributed by atoms with Gasteiger partial charge in [-0.25, -0.2) is 4.79 Å². The van der Waals surface area contributed by atoms with Crippen molar-refractivity contribution in [3.05, 3.63) is 0 Å². The van der Waals surface area contributed by atoms with Crippen molar-refractivity contribution in [2.75, 3.05) is 26.2 Å². The lowest BCUT2D eigenvalue weighted by Gasteiger charge is -2.34. The van der Waals surface area contributed by atoms with Crippen molar-refractivity contribution in [1.82, 2.24) is 9.80 Å². The SMILES string of the molecule is C#CC1CC(=O)N(CCC2CCCN(C(=O)OC(C)(C)C)C2)C1. The third-order valence-corrected chi connectivity index (χ3v) is 4.43. The van der Waals surface area contributed by atoms with Gasteiger partial charge in [-0.3, -0.25) is 4.79 Å². The summed E-state index contributed by atoms with van der Waals surface area (Å²) in [6, 6.07) is 0. The van der Waals surface area contributed by atoms with E-state index in [4.69, 9.17) is 11.2 Å². The number of piperidine rings is 1. The third-order valence-electron chi connectivity index (χ3n) is 4.43. The molecule has 2 heterocycles. The second-order valence-electron chi connectivity index (χ2n) is 7.63. The van der Waals surface area contributed by atoms with E-state index in [-0.39, 0.29) is 17.9 Å². The highest BCUT2D eigenvalue weighted by molar-refractivity contribution is 5.79. The summed E-state index contributed by atoms with van der Waals surface area (Å²) in [6.45, 7) is 8.54. The summed E-state index contributed by atoms with van der Waals surface area (Å²) in [4.78, 5) is 27.7. The molecule has 0 radical (unpaired) electrons. The van der Waals surface area contributed by atoms with Crippen LogP contribution in [0.3, 0.4) is 0 Å². The van der Waals surface area contributed by atoms with Gasteiger partial charge in [0.2, 0.25) is 5.91 Å². The molecule has 5 nitrogen and oxygen atoms in total. The molecular formula is C18H28N2O3. The molecule has 23 heavy (non-hydrogen) atoms. The fourth-order valence-electron chi connectivity index (χ4n) is 3.23. The number of carbonyl (C=O) groups excluding carboxylic acids is 2. The van der Waals surface area contributed by atoms with Gasteiger partial charge in [-0.15, -0.1) is 12.3 Å². The van der Waals surface area contributed by atoms with Crippen molar-refractivity contribution < 1.29 is 14.3 Å². The van der Waals surface area contributed by atoms with E-state index >= 15 is 0 Å². The number of hydrogen-bond donors (Lipinski definition) is 0. The fraction of sp³-hybridized carbons (Fsp3) is 0.778. The minimum Gasteiger partial charge on any atom is -0.444 e. The number of terminal acetylenes is 1. The molecule has 0 aromatic heterocycles. The first-order valence-corrected chi connectivity index (χ1v) is 8.50.